The number of halogens is 1. The van der Waals surface area contributed by atoms with Gasteiger partial charge in [-0.2, -0.15) is 0 Å². The van der Waals surface area contributed by atoms with Gasteiger partial charge in [-0.25, -0.2) is 0 Å². The molecule has 0 aliphatic carbocycles. The largest absolute Gasteiger partial charge is 0.413 e. The molecular weight excluding hydrogens is 276 g/mol. The molecule has 0 saturated heterocycles. The quantitative estimate of drug-likeness (QED) is 0.450. The van der Waals surface area contributed by atoms with Crippen molar-refractivity contribution in [2.24, 2.45) is 0 Å². The summed E-state index contributed by atoms with van der Waals surface area (Å²) in [4.78, 5) is 11.4. The monoisotopic (exact) mass is 298 g/mol. The van der Waals surface area contributed by atoms with E-state index in [0.717, 1.165) is 5.56 Å². The highest BCUT2D eigenvalue weighted by Gasteiger charge is 2.36. The first-order chi connectivity index (χ1) is 8.67. The van der Waals surface area contributed by atoms with Crippen LogP contribution in [-0.2, 0) is 11.0 Å². The van der Waals surface area contributed by atoms with E-state index in [4.69, 9.17) is 16.0 Å². The predicted octanol–water partition coefficient (Wildman–Crippen LogP) is 4.63. The lowest BCUT2D eigenvalue weighted by Gasteiger charge is -2.36. The Morgan fingerprint density at radius 3 is 2.16 bits per heavy atom. The van der Waals surface area contributed by atoms with Crippen LogP contribution in [0.3, 0.4) is 0 Å². The lowest BCUT2D eigenvalue weighted by Crippen LogP contribution is -2.40. The second kappa shape index (κ2) is 6.20. The Balaban J connectivity index is 2.67. The molecule has 0 unspecified atom stereocenters. The average molecular weight is 299 g/mol. The number of benzene rings is 1. The van der Waals surface area contributed by atoms with Crippen LogP contribution in [0.25, 0.3) is 0 Å². The van der Waals surface area contributed by atoms with Gasteiger partial charge in [0.1, 0.15) is 0 Å². The van der Waals surface area contributed by atoms with Crippen LogP contribution in [0.15, 0.2) is 24.3 Å². The molecule has 0 atom stereocenters. The Morgan fingerprint density at radius 2 is 1.74 bits per heavy atom. The highest BCUT2D eigenvalue weighted by molar-refractivity contribution is 6.74. The lowest BCUT2D eigenvalue weighted by atomic mass is 10.1. The third-order valence-corrected chi connectivity index (χ3v) is 8.52. The standard InChI is InChI=1S/C15H23ClO2Si/c1-15(2,3)19(4,5)18-11-12-6-8-13(9-7-12)14(17)10-16/h6-9H,10-11H2,1-5H3. The first-order valence-corrected chi connectivity index (χ1v) is 9.94. The third kappa shape index (κ3) is 4.44. The van der Waals surface area contributed by atoms with Crippen molar-refractivity contribution in [1.82, 2.24) is 0 Å². The smallest absolute Gasteiger partial charge is 0.192 e. The summed E-state index contributed by atoms with van der Waals surface area (Å²) in [5.41, 5.74) is 1.75. The van der Waals surface area contributed by atoms with Crippen molar-refractivity contribution in [3.05, 3.63) is 35.4 Å². The number of carbonyl (C=O) groups excluding carboxylic acids is 1. The fraction of sp³-hybridized carbons (Fsp3) is 0.533. The van der Waals surface area contributed by atoms with Gasteiger partial charge in [0.15, 0.2) is 14.1 Å². The number of hydrogen-bond acceptors (Lipinski definition) is 2. The zero-order valence-corrected chi connectivity index (χ0v) is 14.2. The highest BCUT2D eigenvalue weighted by atomic mass is 35.5. The summed E-state index contributed by atoms with van der Waals surface area (Å²) in [6.07, 6.45) is 0. The lowest BCUT2D eigenvalue weighted by molar-refractivity contribution is 0.102. The van der Waals surface area contributed by atoms with E-state index in [2.05, 4.69) is 33.9 Å². The fourth-order valence-electron chi connectivity index (χ4n) is 1.34. The Hall–Kier alpha value is -0.643. The number of ketones is 1. The maximum atomic E-state index is 11.4. The first-order valence-electron chi connectivity index (χ1n) is 6.49. The van der Waals surface area contributed by atoms with Crippen LogP contribution < -0.4 is 0 Å². The van der Waals surface area contributed by atoms with E-state index in [1.807, 2.05) is 24.3 Å². The normalized spacial score (nSPS) is 12.5. The second-order valence-corrected chi connectivity index (χ2v) is 11.4. The summed E-state index contributed by atoms with van der Waals surface area (Å²) in [7, 11) is -1.72. The molecule has 19 heavy (non-hydrogen) atoms. The molecular formula is C15H23ClO2Si. The molecule has 1 aromatic carbocycles. The number of carbonyl (C=O) groups is 1. The number of hydrogen-bond donors (Lipinski definition) is 0. The van der Waals surface area contributed by atoms with Crippen LogP contribution in [0.2, 0.25) is 18.1 Å². The van der Waals surface area contributed by atoms with Crippen molar-refractivity contribution in [1.29, 1.82) is 0 Å². The minimum Gasteiger partial charge on any atom is -0.413 e. The molecule has 0 aliphatic heterocycles. The van der Waals surface area contributed by atoms with E-state index < -0.39 is 8.32 Å². The summed E-state index contributed by atoms with van der Waals surface area (Å²) in [6, 6.07) is 7.50. The minimum absolute atomic E-state index is 0.0276. The third-order valence-electron chi connectivity index (χ3n) is 3.80. The Kier molecular flexibility index (Phi) is 5.36. The van der Waals surface area contributed by atoms with Crippen LogP contribution in [0.4, 0.5) is 0 Å². The zero-order valence-electron chi connectivity index (χ0n) is 12.4. The van der Waals surface area contributed by atoms with E-state index >= 15 is 0 Å². The molecule has 0 saturated carbocycles. The highest BCUT2D eigenvalue weighted by Crippen LogP contribution is 2.37. The summed E-state index contributed by atoms with van der Waals surface area (Å²) < 4.78 is 6.13. The van der Waals surface area contributed by atoms with Gasteiger partial charge in [0, 0.05) is 5.56 Å². The summed E-state index contributed by atoms with van der Waals surface area (Å²) in [5, 5.41) is 0.210. The van der Waals surface area contributed by atoms with Gasteiger partial charge < -0.3 is 4.43 Å². The number of Topliss-reactive ketones (excluding diaryl/α,β-unsaturated/α-hetero) is 1. The number of alkyl halides is 1. The van der Waals surface area contributed by atoms with Crippen molar-refractivity contribution in [2.75, 3.05) is 5.88 Å². The van der Waals surface area contributed by atoms with E-state index in [1.54, 1.807) is 0 Å². The molecule has 0 aromatic heterocycles. The first kappa shape index (κ1) is 16.4. The molecule has 106 valence electrons. The van der Waals surface area contributed by atoms with E-state index in [9.17, 15) is 4.79 Å². The van der Waals surface area contributed by atoms with Gasteiger partial charge >= 0.3 is 0 Å². The van der Waals surface area contributed by atoms with Crippen molar-refractivity contribution >= 4 is 25.7 Å². The molecule has 0 radical (unpaired) electrons. The molecule has 1 rings (SSSR count). The van der Waals surface area contributed by atoms with Gasteiger partial charge in [-0.3, -0.25) is 4.79 Å². The molecule has 0 fully saturated rings. The Bertz CT molecular complexity index is 432. The summed E-state index contributed by atoms with van der Waals surface area (Å²) in [6.45, 7) is 11.7. The van der Waals surface area contributed by atoms with Gasteiger partial charge in [-0.15, -0.1) is 11.6 Å². The molecule has 2 nitrogen and oxygen atoms in total. The minimum atomic E-state index is -1.72. The predicted molar refractivity (Wildman–Crippen MR) is 83.5 cm³/mol. The van der Waals surface area contributed by atoms with Crippen LogP contribution in [-0.4, -0.2) is 20.0 Å². The number of rotatable bonds is 5. The SMILES string of the molecule is CC(C)(C)[Si](C)(C)OCc1ccc(C(=O)CCl)cc1. The molecule has 1 aromatic rings. The van der Waals surface area contributed by atoms with Gasteiger partial charge in [0.25, 0.3) is 0 Å². The van der Waals surface area contributed by atoms with E-state index in [1.165, 1.54) is 0 Å². The van der Waals surface area contributed by atoms with Gasteiger partial charge in [0.2, 0.25) is 0 Å². The second-order valence-electron chi connectivity index (χ2n) is 6.30. The molecule has 0 amide bonds. The molecule has 0 spiro atoms. The molecule has 0 bridgehead atoms. The average Bonchev–Trinajstić information content (AvgIpc) is 2.35. The Morgan fingerprint density at radius 1 is 1.21 bits per heavy atom. The Labute approximate surface area is 122 Å². The summed E-state index contributed by atoms with van der Waals surface area (Å²) >= 11 is 5.53. The van der Waals surface area contributed by atoms with Crippen molar-refractivity contribution in [3.63, 3.8) is 0 Å². The van der Waals surface area contributed by atoms with Gasteiger partial charge in [-0.1, -0.05) is 45.0 Å². The van der Waals surface area contributed by atoms with E-state index in [-0.39, 0.29) is 16.7 Å². The van der Waals surface area contributed by atoms with Gasteiger partial charge in [-0.05, 0) is 23.7 Å². The molecule has 0 heterocycles. The van der Waals surface area contributed by atoms with Crippen LogP contribution >= 0.6 is 11.6 Å². The molecule has 4 heteroatoms. The molecule has 0 aliphatic rings. The molecule has 0 N–H and O–H groups in total. The topological polar surface area (TPSA) is 26.3 Å². The maximum absolute atomic E-state index is 11.4. The van der Waals surface area contributed by atoms with Crippen molar-refractivity contribution < 1.29 is 9.22 Å². The summed E-state index contributed by atoms with van der Waals surface area (Å²) in [5.74, 6) is -0.0154. The zero-order chi connectivity index (χ0) is 14.7. The fourth-order valence-corrected chi connectivity index (χ4v) is 2.46. The van der Waals surface area contributed by atoms with Crippen LogP contribution in [0.5, 0.6) is 0 Å². The van der Waals surface area contributed by atoms with E-state index in [0.29, 0.717) is 12.2 Å². The van der Waals surface area contributed by atoms with Crippen LogP contribution in [0.1, 0.15) is 36.7 Å². The van der Waals surface area contributed by atoms with Crippen LogP contribution in [0, 0.1) is 0 Å². The van der Waals surface area contributed by atoms with Gasteiger partial charge in [0.05, 0.1) is 12.5 Å². The van der Waals surface area contributed by atoms with Crippen molar-refractivity contribution in [3.8, 4) is 0 Å². The maximum Gasteiger partial charge on any atom is 0.192 e. The van der Waals surface area contributed by atoms with Crippen molar-refractivity contribution in [2.45, 2.75) is 45.5 Å².